The van der Waals surface area contributed by atoms with Gasteiger partial charge in [0.25, 0.3) is 0 Å². The molecule has 2 aliphatic heterocycles. The molecule has 1 saturated carbocycles. The zero-order chi connectivity index (χ0) is 16.5. The number of amides is 1. The third-order valence-electron chi connectivity index (χ3n) is 5.69. The fourth-order valence-electron chi connectivity index (χ4n) is 4.30. The Hall–Kier alpha value is -0.270. The summed E-state index contributed by atoms with van der Waals surface area (Å²) in [5, 5.41) is 0. The van der Waals surface area contributed by atoms with E-state index in [0.717, 1.165) is 37.5 Å². The Morgan fingerprint density at radius 2 is 1.83 bits per heavy atom. The van der Waals surface area contributed by atoms with Gasteiger partial charge in [-0.05, 0) is 25.2 Å². The van der Waals surface area contributed by atoms with Crippen LogP contribution in [0.3, 0.4) is 0 Å². The van der Waals surface area contributed by atoms with E-state index in [1.54, 1.807) is 4.31 Å². The summed E-state index contributed by atoms with van der Waals surface area (Å²) in [5.41, 5.74) is 0. The summed E-state index contributed by atoms with van der Waals surface area (Å²) in [7, 11) is -3.11. The van der Waals surface area contributed by atoms with E-state index in [-0.39, 0.29) is 10.8 Å². The molecule has 7 heteroatoms. The minimum Gasteiger partial charge on any atom is -0.327 e. The maximum Gasteiger partial charge on any atom is 0.223 e. The second-order valence-corrected chi connectivity index (χ2v) is 10.6. The molecule has 3 aliphatic rings. The van der Waals surface area contributed by atoms with Crippen LogP contribution in [-0.2, 0) is 14.8 Å². The summed E-state index contributed by atoms with van der Waals surface area (Å²) in [4.78, 5) is 14.7. The van der Waals surface area contributed by atoms with Crippen LogP contribution in [0.25, 0.3) is 0 Å². The SMILES string of the molecule is CS(=O)(=O)N1CCC2(CC1)SCCN2C(=O)CCC1CCCC1. The molecule has 3 fully saturated rings. The lowest BCUT2D eigenvalue weighted by atomic mass is 9.99. The number of rotatable bonds is 4. The van der Waals surface area contributed by atoms with Crippen LogP contribution in [0, 0.1) is 5.92 Å². The van der Waals surface area contributed by atoms with Crippen LogP contribution >= 0.6 is 11.8 Å². The highest BCUT2D eigenvalue weighted by Crippen LogP contribution is 2.44. The highest BCUT2D eigenvalue weighted by Gasteiger charge is 2.47. The van der Waals surface area contributed by atoms with Crippen molar-refractivity contribution in [1.82, 2.24) is 9.21 Å². The van der Waals surface area contributed by atoms with Gasteiger partial charge in [-0.1, -0.05) is 25.7 Å². The molecule has 1 aliphatic carbocycles. The lowest BCUT2D eigenvalue weighted by molar-refractivity contribution is -0.134. The Labute approximate surface area is 144 Å². The van der Waals surface area contributed by atoms with Gasteiger partial charge in [-0.15, -0.1) is 11.8 Å². The van der Waals surface area contributed by atoms with Gasteiger partial charge in [0.05, 0.1) is 11.1 Å². The van der Waals surface area contributed by atoms with Crippen LogP contribution in [0.1, 0.15) is 51.4 Å². The van der Waals surface area contributed by atoms with Crippen LogP contribution in [0.15, 0.2) is 0 Å². The van der Waals surface area contributed by atoms with Gasteiger partial charge in [-0.25, -0.2) is 12.7 Å². The molecule has 0 aromatic carbocycles. The molecule has 1 amide bonds. The zero-order valence-corrected chi connectivity index (χ0v) is 15.6. The molecule has 0 aromatic heterocycles. The number of thioether (sulfide) groups is 1. The summed E-state index contributed by atoms with van der Waals surface area (Å²) in [6.45, 7) is 1.91. The number of carbonyl (C=O) groups is 1. The van der Waals surface area contributed by atoms with E-state index in [1.165, 1.54) is 31.9 Å². The molecule has 0 aromatic rings. The third-order valence-corrected chi connectivity index (χ3v) is 8.55. The summed E-state index contributed by atoms with van der Waals surface area (Å²) < 4.78 is 24.9. The molecule has 3 rings (SSSR count). The van der Waals surface area contributed by atoms with E-state index in [1.807, 2.05) is 11.8 Å². The van der Waals surface area contributed by atoms with Crippen molar-refractivity contribution in [3.63, 3.8) is 0 Å². The predicted molar refractivity (Wildman–Crippen MR) is 93.7 cm³/mol. The molecule has 23 heavy (non-hydrogen) atoms. The standard InChI is InChI=1S/C16H28N2O3S2/c1-23(20,21)17-10-8-16(9-11-17)18(12-13-22-16)15(19)7-6-14-4-2-3-5-14/h14H,2-13H2,1H3. The maximum atomic E-state index is 12.7. The van der Waals surface area contributed by atoms with Gasteiger partial charge in [-0.2, -0.15) is 0 Å². The number of nitrogens with zero attached hydrogens (tertiary/aromatic N) is 2. The highest BCUT2D eigenvalue weighted by atomic mass is 32.2. The van der Waals surface area contributed by atoms with Gasteiger partial charge in [0.2, 0.25) is 15.9 Å². The van der Waals surface area contributed by atoms with E-state index in [0.29, 0.717) is 19.5 Å². The van der Waals surface area contributed by atoms with E-state index < -0.39 is 10.0 Å². The zero-order valence-electron chi connectivity index (χ0n) is 14.0. The van der Waals surface area contributed by atoms with Crippen molar-refractivity contribution in [2.75, 3.05) is 31.6 Å². The Kier molecular flexibility index (Phi) is 5.28. The van der Waals surface area contributed by atoms with Gasteiger partial charge in [0, 0.05) is 31.8 Å². The van der Waals surface area contributed by atoms with Crippen molar-refractivity contribution >= 4 is 27.7 Å². The average Bonchev–Trinajstić information content (AvgIpc) is 3.14. The molecule has 0 radical (unpaired) electrons. The van der Waals surface area contributed by atoms with E-state index in [2.05, 4.69) is 4.90 Å². The molecule has 0 bridgehead atoms. The second kappa shape index (κ2) is 6.92. The minimum atomic E-state index is -3.11. The Morgan fingerprint density at radius 3 is 2.43 bits per heavy atom. The quantitative estimate of drug-likeness (QED) is 0.772. The van der Waals surface area contributed by atoms with Gasteiger partial charge in [-0.3, -0.25) is 4.79 Å². The first-order chi connectivity index (χ1) is 10.9. The van der Waals surface area contributed by atoms with E-state index in [4.69, 9.17) is 0 Å². The topological polar surface area (TPSA) is 57.7 Å². The molecule has 1 spiro atoms. The van der Waals surface area contributed by atoms with Crippen molar-refractivity contribution in [2.24, 2.45) is 5.92 Å². The van der Waals surface area contributed by atoms with Gasteiger partial charge in [0.15, 0.2) is 0 Å². The first-order valence-electron chi connectivity index (χ1n) is 8.80. The van der Waals surface area contributed by atoms with Crippen molar-refractivity contribution in [1.29, 1.82) is 0 Å². The summed E-state index contributed by atoms with van der Waals surface area (Å²) in [6, 6.07) is 0. The molecule has 2 heterocycles. The first kappa shape index (κ1) is 17.5. The molecular weight excluding hydrogens is 332 g/mol. The number of hydrogen-bond donors (Lipinski definition) is 0. The largest absolute Gasteiger partial charge is 0.327 e. The molecule has 5 nitrogen and oxygen atoms in total. The van der Waals surface area contributed by atoms with Crippen molar-refractivity contribution in [3.05, 3.63) is 0 Å². The smallest absolute Gasteiger partial charge is 0.223 e. The molecule has 0 atom stereocenters. The van der Waals surface area contributed by atoms with Crippen molar-refractivity contribution in [2.45, 2.75) is 56.2 Å². The van der Waals surface area contributed by atoms with Crippen LogP contribution < -0.4 is 0 Å². The third kappa shape index (κ3) is 3.87. The van der Waals surface area contributed by atoms with Gasteiger partial charge < -0.3 is 4.90 Å². The second-order valence-electron chi connectivity index (χ2n) is 7.19. The van der Waals surface area contributed by atoms with Crippen molar-refractivity contribution < 1.29 is 13.2 Å². The molecule has 132 valence electrons. The monoisotopic (exact) mass is 360 g/mol. The molecular formula is C16H28N2O3S2. The number of hydrogen-bond acceptors (Lipinski definition) is 4. The number of sulfonamides is 1. The summed E-state index contributed by atoms with van der Waals surface area (Å²) in [6.07, 6.45) is 9.73. The maximum absolute atomic E-state index is 12.7. The van der Waals surface area contributed by atoms with Crippen LogP contribution in [0.5, 0.6) is 0 Å². The first-order valence-corrected chi connectivity index (χ1v) is 11.6. The lowest BCUT2D eigenvalue weighted by Gasteiger charge is -2.43. The fourth-order valence-corrected chi connectivity index (χ4v) is 6.62. The number of carbonyl (C=O) groups excluding carboxylic acids is 1. The Bertz CT molecular complexity index is 536. The summed E-state index contributed by atoms with van der Waals surface area (Å²) in [5.74, 6) is 2.01. The van der Waals surface area contributed by atoms with Crippen LogP contribution in [0.2, 0.25) is 0 Å². The predicted octanol–water partition coefficient (Wildman–Crippen LogP) is 2.28. The normalized spacial score (nSPS) is 26.2. The number of piperidine rings is 1. The van der Waals surface area contributed by atoms with Gasteiger partial charge >= 0.3 is 0 Å². The van der Waals surface area contributed by atoms with Crippen LogP contribution in [0.4, 0.5) is 0 Å². The average molecular weight is 361 g/mol. The van der Waals surface area contributed by atoms with Gasteiger partial charge in [0.1, 0.15) is 0 Å². The Morgan fingerprint density at radius 1 is 1.17 bits per heavy atom. The molecule has 0 unspecified atom stereocenters. The molecule has 0 N–H and O–H groups in total. The fraction of sp³-hybridized carbons (Fsp3) is 0.938. The van der Waals surface area contributed by atoms with E-state index in [9.17, 15) is 13.2 Å². The molecule has 2 saturated heterocycles. The Balaban J connectivity index is 1.58. The minimum absolute atomic E-state index is 0.145. The van der Waals surface area contributed by atoms with Crippen LogP contribution in [-0.4, -0.2) is 60.0 Å². The van der Waals surface area contributed by atoms with E-state index >= 15 is 0 Å². The highest BCUT2D eigenvalue weighted by molar-refractivity contribution is 8.00. The lowest BCUT2D eigenvalue weighted by Crippen LogP contribution is -2.53. The summed E-state index contributed by atoms with van der Waals surface area (Å²) >= 11 is 1.86. The van der Waals surface area contributed by atoms with Crippen molar-refractivity contribution in [3.8, 4) is 0 Å².